The van der Waals surface area contributed by atoms with Crippen molar-refractivity contribution in [2.75, 3.05) is 7.11 Å². The molecule has 3 heteroatoms. The van der Waals surface area contributed by atoms with Crippen molar-refractivity contribution < 1.29 is 14.3 Å². The largest absolute Gasteiger partial charge is 0.466 e. The number of carbonyl (C=O) groups excluding carboxylic acids is 2. The van der Waals surface area contributed by atoms with Crippen LogP contribution in [0.15, 0.2) is 12.7 Å². The first kappa shape index (κ1) is 9.99. The summed E-state index contributed by atoms with van der Waals surface area (Å²) in [6.07, 6.45) is 1.11. The van der Waals surface area contributed by atoms with Crippen LogP contribution in [0.2, 0.25) is 0 Å². The zero-order valence-electron chi connectivity index (χ0n) is 4.72. The van der Waals surface area contributed by atoms with Gasteiger partial charge < -0.3 is 9.53 Å². The quantitative estimate of drug-likeness (QED) is 0.362. The molecule has 0 saturated heterocycles. The van der Waals surface area contributed by atoms with Crippen molar-refractivity contribution in [1.82, 2.24) is 0 Å². The van der Waals surface area contributed by atoms with E-state index in [1.165, 1.54) is 7.11 Å². The van der Waals surface area contributed by atoms with Gasteiger partial charge in [0, 0.05) is 6.08 Å². The standard InChI is InChI=1S/C4H6O2.CH2O/c1-3-4(5)6-2;1-2/h3H,1H2,2H3;1H2. The van der Waals surface area contributed by atoms with Crippen molar-refractivity contribution in [3.8, 4) is 0 Å². The van der Waals surface area contributed by atoms with Crippen LogP contribution in [-0.4, -0.2) is 19.9 Å². The molecule has 0 aliphatic rings. The van der Waals surface area contributed by atoms with Crippen LogP contribution in [0.1, 0.15) is 0 Å². The third kappa shape index (κ3) is 8.86. The molecule has 0 N–H and O–H groups in total. The number of rotatable bonds is 1. The van der Waals surface area contributed by atoms with E-state index in [1.54, 1.807) is 0 Å². The van der Waals surface area contributed by atoms with Gasteiger partial charge >= 0.3 is 5.97 Å². The predicted molar refractivity (Wildman–Crippen MR) is 29.3 cm³/mol. The predicted octanol–water partition coefficient (Wildman–Crippen LogP) is 0.160. The van der Waals surface area contributed by atoms with E-state index in [9.17, 15) is 4.79 Å². The van der Waals surface area contributed by atoms with E-state index in [0.29, 0.717) is 0 Å². The Labute approximate surface area is 48.0 Å². The molecule has 0 fully saturated rings. The molecular weight excluding hydrogens is 108 g/mol. The van der Waals surface area contributed by atoms with E-state index in [-0.39, 0.29) is 0 Å². The molecule has 0 aliphatic carbocycles. The molecule has 0 aliphatic heterocycles. The first-order valence-corrected chi connectivity index (χ1v) is 1.80. The molecule has 0 atom stereocenters. The molecule has 8 heavy (non-hydrogen) atoms. The molecule has 0 aromatic rings. The molecule has 46 valence electrons. The molecule has 0 heterocycles. The zero-order chi connectivity index (χ0) is 6.99. The normalized spacial score (nSPS) is 5.62. The first-order valence-electron chi connectivity index (χ1n) is 1.80. The summed E-state index contributed by atoms with van der Waals surface area (Å²) in [5.74, 6) is -0.394. The van der Waals surface area contributed by atoms with Gasteiger partial charge in [-0.1, -0.05) is 6.58 Å². The van der Waals surface area contributed by atoms with Gasteiger partial charge in [-0.3, -0.25) is 0 Å². The molecule has 0 unspecified atom stereocenters. The Morgan fingerprint density at radius 2 is 2.00 bits per heavy atom. The summed E-state index contributed by atoms with van der Waals surface area (Å²) >= 11 is 0. The fourth-order valence-electron chi connectivity index (χ4n) is 0.0833. The number of ether oxygens (including phenoxy) is 1. The van der Waals surface area contributed by atoms with Crippen molar-refractivity contribution in [3.63, 3.8) is 0 Å². The lowest BCUT2D eigenvalue weighted by atomic mass is 10.7. The van der Waals surface area contributed by atoms with Crippen LogP contribution in [0.5, 0.6) is 0 Å². The monoisotopic (exact) mass is 116 g/mol. The third-order valence-electron chi connectivity index (χ3n) is 0.368. The fraction of sp³-hybridized carbons (Fsp3) is 0.200. The second-order valence-electron chi connectivity index (χ2n) is 0.727. The summed E-state index contributed by atoms with van der Waals surface area (Å²) in [4.78, 5) is 17.8. The molecule has 0 saturated carbocycles. The highest BCUT2D eigenvalue weighted by Gasteiger charge is 1.81. The Morgan fingerprint density at radius 1 is 1.62 bits per heavy atom. The van der Waals surface area contributed by atoms with Gasteiger partial charge in [0.1, 0.15) is 6.79 Å². The molecule has 3 nitrogen and oxygen atoms in total. The lowest BCUT2D eigenvalue weighted by Gasteiger charge is -1.83. The maximum absolute atomic E-state index is 9.84. The zero-order valence-corrected chi connectivity index (χ0v) is 4.72. The fourth-order valence-corrected chi connectivity index (χ4v) is 0.0833. The lowest BCUT2D eigenvalue weighted by Crippen LogP contribution is -1.91. The Balaban J connectivity index is 0. The van der Waals surface area contributed by atoms with Crippen LogP contribution in [0.25, 0.3) is 0 Å². The highest BCUT2D eigenvalue weighted by Crippen LogP contribution is 1.67. The van der Waals surface area contributed by atoms with Gasteiger partial charge in [-0.05, 0) is 0 Å². The van der Waals surface area contributed by atoms with Gasteiger partial charge in [0.25, 0.3) is 0 Å². The van der Waals surface area contributed by atoms with Crippen LogP contribution in [0.3, 0.4) is 0 Å². The summed E-state index contributed by atoms with van der Waals surface area (Å²) in [5.41, 5.74) is 0. The van der Waals surface area contributed by atoms with Crippen molar-refractivity contribution in [2.45, 2.75) is 0 Å². The van der Waals surface area contributed by atoms with Crippen molar-refractivity contribution >= 4 is 12.8 Å². The second-order valence-corrected chi connectivity index (χ2v) is 0.727. The number of hydrogen-bond acceptors (Lipinski definition) is 3. The van der Waals surface area contributed by atoms with Crippen LogP contribution >= 0.6 is 0 Å². The van der Waals surface area contributed by atoms with E-state index < -0.39 is 5.97 Å². The highest BCUT2D eigenvalue weighted by atomic mass is 16.5. The van der Waals surface area contributed by atoms with Gasteiger partial charge in [0.15, 0.2) is 0 Å². The number of methoxy groups -OCH3 is 1. The molecule has 0 aromatic heterocycles. The summed E-state index contributed by atoms with van der Waals surface area (Å²) in [6.45, 7) is 5.16. The Morgan fingerprint density at radius 3 is 2.00 bits per heavy atom. The second kappa shape index (κ2) is 9.30. The van der Waals surface area contributed by atoms with E-state index in [2.05, 4.69) is 11.3 Å². The van der Waals surface area contributed by atoms with Gasteiger partial charge in [-0.25, -0.2) is 4.79 Å². The van der Waals surface area contributed by atoms with Gasteiger partial charge in [0.05, 0.1) is 7.11 Å². The first-order chi connectivity index (χ1) is 3.81. The lowest BCUT2D eigenvalue weighted by molar-refractivity contribution is -0.134. The van der Waals surface area contributed by atoms with Crippen LogP contribution in [0, 0.1) is 0 Å². The average Bonchev–Trinajstić information content (AvgIpc) is 1.91. The molecule has 0 rings (SSSR count). The summed E-state index contributed by atoms with van der Waals surface area (Å²) in [6, 6.07) is 0. The molecule has 0 amide bonds. The summed E-state index contributed by atoms with van der Waals surface area (Å²) < 4.78 is 4.14. The molecule has 0 aromatic carbocycles. The van der Waals surface area contributed by atoms with E-state index in [1.807, 2.05) is 6.79 Å². The minimum absolute atomic E-state index is 0.394. The van der Waals surface area contributed by atoms with Crippen molar-refractivity contribution in [2.24, 2.45) is 0 Å². The Hall–Kier alpha value is -1.12. The summed E-state index contributed by atoms with van der Waals surface area (Å²) in [5, 5.41) is 0. The molecular formula is C5H8O3. The smallest absolute Gasteiger partial charge is 0.329 e. The van der Waals surface area contributed by atoms with E-state index in [0.717, 1.165) is 6.08 Å². The Bertz CT molecular complexity index is 77.7. The minimum atomic E-state index is -0.394. The van der Waals surface area contributed by atoms with E-state index >= 15 is 0 Å². The van der Waals surface area contributed by atoms with Crippen LogP contribution < -0.4 is 0 Å². The molecule has 0 radical (unpaired) electrons. The van der Waals surface area contributed by atoms with Gasteiger partial charge in [0.2, 0.25) is 0 Å². The number of hydrogen-bond donors (Lipinski definition) is 0. The SMILES string of the molecule is C=CC(=O)OC.C=O. The summed E-state index contributed by atoms with van der Waals surface area (Å²) in [7, 11) is 1.31. The van der Waals surface area contributed by atoms with Gasteiger partial charge in [-0.2, -0.15) is 0 Å². The van der Waals surface area contributed by atoms with Gasteiger partial charge in [-0.15, -0.1) is 0 Å². The average molecular weight is 116 g/mol. The number of carbonyl (C=O) groups is 2. The Kier molecular flexibility index (Phi) is 11.6. The minimum Gasteiger partial charge on any atom is -0.466 e. The van der Waals surface area contributed by atoms with E-state index in [4.69, 9.17) is 4.79 Å². The topological polar surface area (TPSA) is 43.4 Å². The maximum atomic E-state index is 9.84. The van der Waals surface area contributed by atoms with Crippen LogP contribution in [-0.2, 0) is 14.3 Å². The maximum Gasteiger partial charge on any atom is 0.329 e. The molecule has 0 bridgehead atoms. The highest BCUT2D eigenvalue weighted by molar-refractivity contribution is 5.80. The van der Waals surface area contributed by atoms with Crippen molar-refractivity contribution in [1.29, 1.82) is 0 Å². The number of esters is 1. The van der Waals surface area contributed by atoms with Crippen molar-refractivity contribution in [3.05, 3.63) is 12.7 Å². The molecule has 0 spiro atoms. The van der Waals surface area contributed by atoms with Crippen LogP contribution in [0.4, 0.5) is 0 Å². The third-order valence-corrected chi connectivity index (χ3v) is 0.368.